The third-order valence-electron chi connectivity index (χ3n) is 13.8. The molecule has 4 fully saturated rings. The van der Waals surface area contributed by atoms with Crippen molar-refractivity contribution >= 4 is 13.8 Å². The van der Waals surface area contributed by atoms with E-state index in [4.69, 9.17) is 18.9 Å². The zero-order valence-electron chi connectivity index (χ0n) is 30.3. The SMILES string of the molecule is CCC(CC[C@@H](C)[C@H]1CC[C@H]2[C@@H]3CC[C@H]4C[C@@H](OP(=O)(O)OC5=C(O)C(C(O)CO)OC5=O)CC[C@]4(C)[C@H]3CC[C@]12C)C(C)C.[Na+].[Na+]. The van der Waals surface area contributed by atoms with Gasteiger partial charge in [-0.05, 0) is 122 Å². The van der Waals surface area contributed by atoms with Crippen LogP contribution in [0.1, 0.15) is 119 Å². The zero-order valence-corrected chi connectivity index (χ0v) is 35.2. The van der Waals surface area contributed by atoms with E-state index in [1.165, 1.54) is 51.4 Å². The molecule has 0 amide bonds. The van der Waals surface area contributed by atoms with Gasteiger partial charge in [-0.1, -0.05) is 54.4 Å². The number of cyclic esters (lactones) is 1. The average molecular weight is 701 g/mol. The van der Waals surface area contributed by atoms with Gasteiger partial charge in [-0.2, -0.15) is 0 Å². The quantitative estimate of drug-likeness (QED) is 0.135. The van der Waals surface area contributed by atoms with E-state index in [9.17, 15) is 24.5 Å². The number of ether oxygens (including phenoxy) is 1. The molecule has 4 N–H and O–H groups in total. The van der Waals surface area contributed by atoms with Crippen molar-refractivity contribution < 1.29 is 102 Å². The molecule has 0 bridgehead atoms. The van der Waals surface area contributed by atoms with Crippen LogP contribution in [0.5, 0.6) is 0 Å². The van der Waals surface area contributed by atoms with E-state index in [1.807, 2.05) is 0 Å². The molecule has 5 rings (SSSR count). The van der Waals surface area contributed by atoms with Crippen molar-refractivity contribution in [2.24, 2.45) is 58.2 Å². The molecule has 0 aromatic carbocycles. The molecule has 0 aromatic rings. The van der Waals surface area contributed by atoms with Crippen molar-refractivity contribution in [1.82, 2.24) is 0 Å². The maximum Gasteiger partial charge on any atom is 1.00 e. The van der Waals surface area contributed by atoms with Crippen molar-refractivity contribution in [3.8, 4) is 0 Å². The van der Waals surface area contributed by atoms with Gasteiger partial charge in [0, 0.05) is 0 Å². The second kappa shape index (κ2) is 16.7. The largest absolute Gasteiger partial charge is 1.00 e. The molecule has 0 aromatic heterocycles. The maximum absolute atomic E-state index is 13.0. The fraction of sp³-hybridized carbons (Fsp3) is 0.914. The summed E-state index contributed by atoms with van der Waals surface area (Å²) in [6, 6.07) is 0. The van der Waals surface area contributed by atoms with Gasteiger partial charge in [-0.15, -0.1) is 0 Å². The number of aliphatic hydroxyl groups excluding tert-OH is 3. The van der Waals surface area contributed by atoms with Crippen molar-refractivity contribution in [2.75, 3.05) is 6.61 Å². The Kier molecular flexibility index (Phi) is 15.0. The normalized spacial score (nSPS) is 39.7. The predicted octanol–water partition coefficient (Wildman–Crippen LogP) is 1.30. The standard InChI is InChI=1S/C35H59O9P.2Na/c1-7-22(20(2)3)9-8-21(4)26-12-13-27-25-11-10-23-18-24(14-16-34(23,5)28(25)15-17-35(26,27)6)43-45(40,41)44-32-30(38)31(29(37)19-36)42-33(32)39;;/h20-29,31,36-38H,7-19H2,1-6H3,(H,40,41);;/q;2*+1/t21-,22?,23+,24+,25+,26-,27+,28+,29?,31?,34+,35-;;/m1../s1. The van der Waals surface area contributed by atoms with E-state index in [-0.39, 0.29) is 64.5 Å². The summed E-state index contributed by atoms with van der Waals surface area (Å²) in [5.74, 6) is 2.87. The molecule has 1 aliphatic heterocycles. The van der Waals surface area contributed by atoms with Gasteiger partial charge in [0.05, 0.1) is 12.7 Å². The Hall–Kier alpha value is 0.880. The number of phosphoric ester groups is 1. The Bertz CT molecular complexity index is 1170. The minimum absolute atomic E-state index is 0. The minimum Gasteiger partial charge on any atom is -0.505 e. The molecule has 0 spiro atoms. The van der Waals surface area contributed by atoms with E-state index in [0.29, 0.717) is 30.1 Å². The molecule has 13 atom stereocenters. The Morgan fingerprint density at radius 1 is 0.979 bits per heavy atom. The van der Waals surface area contributed by atoms with Crippen LogP contribution in [-0.2, 0) is 23.1 Å². The molecule has 0 saturated heterocycles. The van der Waals surface area contributed by atoms with Gasteiger partial charge in [0.25, 0.3) is 5.76 Å². The average Bonchev–Trinajstić information content (AvgIpc) is 3.48. The Balaban J connectivity index is 0.00000300. The van der Waals surface area contributed by atoms with Crippen LogP contribution in [0.25, 0.3) is 0 Å². The van der Waals surface area contributed by atoms with E-state index in [1.54, 1.807) is 0 Å². The molecule has 1 heterocycles. The number of rotatable bonds is 12. The second-order valence-electron chi connectivity index (χ2n) is 16.2. The zero-order chi connectivity index (χ0) is 32.9. The number of aliphatic hydroxyl groups is 3. The number of hydrogen-bond donors (Lipinski definition) is 4. The van der Waals surface area contributed by atoms with Crippen LogP contribution < -0.4 is 59.1 Å². The number of fused-ring (bicyclic) bond motifs is 5. The van der Waals surface area contributed by atoms with Crippen molar-refractivity contribution in [3.05, 3.63) is 11.5 Å². The number of carbonyl (C=O) groups excluding carboxylic acids is 1. The van der Waals surface area contributed by atoms with Gasteiger partial charge in [-0.25, -0.2) is 9.36 Å². The summed E-state index contributed by atoms with van der Waals surface area (Å²) in [7, 11) is -4.77. The first-order valence-corrected chi connectivity index (χ1v) is 19.3. The van der Waals surface area contributed by atoms with E-state index in [0.717, 1.165) is 48.3 Å². The van der Waals surface area contributed by atoms with E-state index >= 15 is 0 Å². The Morgan fingerprint density at radius 3 is 2.28 bits per heavy atom. The van der Waals surface area contributed by atoms with E-state index in [2.05, 4.69) is 41.5 Å². The maximum atomic E-state index is 13.0. The molecule has 9 nitrogen and oxygen atoms in total. The van der Waals surface area contributed by atoms with Crippen LogP contribution in [0.4, 0.5) is 0 Å². The first kappa shape index (κ1) is 42.3. The van der Waals surface area contributed by atoms with Crippen molar-refractivity contribution in [2.45, 2.75) is 137 Å². The third-order valence-corrected chi connectivity index (χ3v) is 14.8. The fourth-order valence-electron chi connectivity index (χ4n) is 11.2. The van der Waals surface area contributed by atoms with Gasteiger partial charge in [0.2, 0.25) is 0 Å². The van der Waals surface area contributed by atoms with Gasteiger partial charge in [-0.3, -0.25) is 9.42 Å². The van der Waals surface area contributed by atoms with Crippen LogP contribution in [0, 0.1) is 58.2 Å². The topological polar surface area (TPSA) is 143 Å². The van der Waals surface area contributed by atoms with Gasteiger partial charge >= 0.3 is 72.9 Å². The fourth-order valence-corrected chi connectivity index (χ4v) is 12.2. The Morgan fingerprint density at radius 2 is 1.64 bits per heavy atom. The minimum atomic E-state index is -4.77. The molecule has 4 aliphatic carbocycles. The summed E-state index contributed by atoms with van der Waals surface area (Å²) in [4.78, 5) is 22.7. The number of phosphoric acid groups is 1. The number of carbonyl (C=O) groups is 1. The van der Waals surface area contributed by atoms with Gasteiger partial charge < -0.3 is 24.6 Å². The summed E-state index contributed by atoms with van der Waals surface area (Å²) < 4.78 is 28.4. The van der Waals surface area contributed by atoms with Crippen LogP contribution in [0.15, 0.2) is 11.5 Å². The summed E-state index contributed by atoms with van der Waals surface area (Å²) in [6.45, 7) is 13.9. The van der Waals surface area contributed by atoms with Gasteiger partial charge in [0.1, 0.15) is 6.10 Å². The molecule has 12 heteroatoms. The molecule has 47 heavy (non-hydrogen) atoms. The molecule has 4 unspecified atom stereocenters. The summed E-state index contributed by atoms with van der Waals surface area (Å²) in [5, 5.41) is 29.1. The molecular weight excluding hydrogens is 641 g/mol. The molecule has 4 saturated carbocycles. The van der Waals surface area contributed by atoms with Gasteiger partial charge in [0.15, 0.2) is 11.9 Å². The van der Waals surface area contributed by atoms with Crippen LogP contribution >= 0.6 is 7.82 Å². The number of hydrogen-bond acceptors (Lipinski definition) is 8. The van der Waals surface area contributed by atoms with Crippen LogP contribution in [0.2, 0.25) is 0 Å². The first-order chi connectivity index (χ1) is 21.1. The molecule has 5 aliphatic rings. The second-order valence-corrected chi connectivity index (χ2v) is 17.5. The van der Waals surface area contributed by atoms with Crippen LogP contribution in [-0.4, -0.2) is 51.1 Å². The first-order valence-electron chi connectivity index (χ1n) is 17.8. The summed E-state index contributed by atoms with van der Waals surface area (Å²) >= 11 is 0. The molecular formula is C35H59Na2O9P+2. The summed E-state index contributed by atoms with van der Waals surface area (Å²) in [6.07, 6.45) is 10.1. The van der Waals surface area contributed by atoms with Crippen molar-refractivity contribution in [3.63, 3.8) is 0 Å². The van der Waals surface area contributed by atoms with Crippen molar-refractivity contribution in [1.29, 1.82) is 0 Å². The smallest absolute Gasteiger partial charge is 0.505 e. The third kappa shape index (κ3) is 8.42. The van der Waals surface area contributed by atoms with E-state index < -0.39 is 50.2 Å². The molecule has 0 radical (unpaired) electrons. The monoisotopic (exact) mass is 700 g/mol. The predicted molar refractivity (Wildman–Crippen MR) is 171 cm³/mol. The number of esters is 1. The molecule has 258 valence electrons. The Labute approximate surface area is 326 Å². The summed E-state index contributed by atoms with van der Waals surface area (Å²) in [5.41, 5.74) is 0.599. The van der Waals surface area contributed by atoms with Crippen LogP contribution in [0.3, 0.4) is 0 Å².